The van der Waals surface area contributed by atoms with E-state index in [9.17, 15) is 0 Å². The van der Waals surface area contributed by atoms with Crippen molar-refractivity contribution in [3.05, 3.63) is 188 Å². The van der Waals surface area contributed by atoms with Gasteiger partial charge in [0.05, 0.1) is 16.8 Å². The van der Waals surface area contributed by atoms with E-state index >= 15 is 0 Å². The molecule has 1 unspecified atom stereocenters. The van der Waals surface area contributed by atoms with Crippen molar-refractivity contribution in [3.63, 3.8) is 0 Å². The number of rotatable bonds is 4. The smallest absolute Gasteiger partial charge is 0.189 e. The quantitative estimate of drug-likeness (QED) is 0.182. The Morgan fingerprint density at radius 2 is 1.61 bits per heavy atom. The van der Waals surface area contributed by atoms with Crippen LogP contribution in [0.2, 0.25) is 0 Å². The van der Waals surface area contributed by atoms with Gasteiger partial charge in [-0.1, -0.05) is 91.1 Å². The maximum atomic E-state index is 7.33. The highest BCUT2D eigenvalue weighted by molar-refractivity contribution is 7.19. The number of hydrogen-bond donors (Lipinski definition) is 0. The van der Waals surface area contributed by atoms with Crippen LogP contribution in [0.5, 0.6) is 11.5 Å². The summed E-state index contributed by atoms with van der Waals surface area (Å²) in [5.41, 5.74) is 17.9. The van der Waals surface area contributed by atoms with E-state index in [-0.39, 0.29) is 5.41 Å². The lowest BCUT2D eigenvalue weighted by atomic mass is 9.68. The van der Waals surface area contributed by atoms with Gasteiger partial charge in [-0.25, -0.2) is 0 Å². The minimum atomic E-state index is -0.360. The molecule has 12 rings (SSSR count). The number of ether oxygens (including phenoxy) is 2. The Morgan fingerprint density at radius 1 is 0.754 bits per heavy atom. The molecule has 5 aromatic rings. The first-order chi connectivity index (χ1) is 28.1. The molecule has 0 radical (unpaired) electrons. The van der Waals surface area contributed by atoms with Crippen LogP contribution >= 0.6 is 11.3 Å². The molecule has 1 spiro atoms. The Bertz CT molecular complexity index is 2880. The monoisotopic (exact) mass is 757 g/mol. The van der Waals surface area contributed by atoms with E-state index in [2.05, 4.69) is 146 Å². The summed E-state index contributed by atoms with van der Waals surface area (Å²) in [6, 6.07) is 29.6. The summed E-state index contributed by atoms with van der Waals surface area (Å²) in [6.07, 6.45) is 27.1. The van der Waals surface area contributed by atoms with Crippen molar-refractivity contribution >= 4 is 55.6 Å². The van der Waals surface area contributed by atoms with Crippen molar-refractivity contribution in [2.75, 3.05) is 4.90 Å². The van der Waals surface area contributed by atoms with Gasteiger partial charge in [-0.15, -0.1) is 11.3 Å². The standard InChI is InChI=1S/C53H43NO2S/c1-3-32(2)33-15-12-16-34(29-33)54(44-24-14-28-50-51(44)38-20-7-11-27-49(38)57-50)45-25-13-26-46-52(45)56-48-31-43-39(30-47(48)55-46)37-19-6-10-23-42(37)53(43)40-21-8-4-17-35(40)36-18-5-9-22-41(36)53/h3-4,7-8,10,12,14-18,20-25,28-31H,5-6,9,11,13,19,26-27H2,1-2H3/b32-3+. The lowest BCUT2D eigenvalue weighted by Gasteiger charge is -2.36. The van der Waals surface area contributed by atoms with E-state index < -0.39 is 0 Å². The van der Waals surface area contributed by atoms with Gasteiger partial charge in [0, 0.05) is 27.1 Å². The number of fused-ring (bicyclic) bond motifs is 13. The SMILES string of the molecule is C/C=C(\C)c1cccc(N(C2=CCCC3=C2Oc2cc4c(cc2O3)C2=C(C=CCC2)C42C3=CCCC=C3c3ccccc32)c2cccc3sc4c(c23)C=CCC4)c1. The third-order valence-corrected chi connectivity index (χ3v) is 14.5. The van der Waals surface area contributed by atoms with Gasteiger partial charge in [0.25, 0.3) is 0 Å². The minimum absolute atomic E-state index is 0.360. The summed E-state index contributed by atoms with van der Waals surface area (Å²) in [7, 11) is 0. The van der Waals surface area contributed by atoms with E-state index in [1.807, 2.05) is 11.3 Å². The molecule has 2 heterocycles. The second kappa shape index (κ2) is 12.6. The van der Waals surface area contributed by atoms with Gasteiger partial charge in [-0.2, -0.15) is 0 Å². The third kappa shape index (κ3) is 4.65. The summed E-state index contributed by atoms with van der Waals surface area (Å²) in [5.74, 6) is 3.33. The number of anilines is 2. The van der Waals surface area contributed by atoms with Crippen LogP contribution in [-0.4, -0.2) is 0 Å². The number of hydrogen-bond acceptors (Lipinski definition) is 4. The first-order valence-electron chi connectivity index (χ1n) is 20.8. The fraction of sp³-hybridized carbons (Fsp3) is 0.208. The minimum Gasteiger partial charge on any atom is -0.454 e. The van der Waals surface area contributed by atoms with Gasteiger partial charge < -0.3 is 14.4 Å². The van der Waals surface area contributed by atoms with Crippen LogP contribution in [0.25, 0.3) is 32.9 Å². The van der Waals surface area contributed by atoms with Crippen molar-refractivity contribution in [3.8, 4) is 11.5 Å². The van der Waals surface area contributed by atoms with Crippen LogP contribution < -0.4 is 14.4 Å². The molecule has 0 saturated carbocycles. The van der Waals surface area contributed by atoms with E-state index in [4.69, 9.17) is 9.47 Å². The summed E-state index contributed by atoms with van der Waals surface area (Å²) in [5, 5.41) is 1.31. The fourth-order valence-corrected chi connectivity index (χ4v) is 12.0. The van der Waals surface area contributed by atoms with E-state index in [1.165, 1.54) is 81.9 Å². The molecule has 0 N–H and O–H groups in total. The summed E-state index contributed by atoms with van der Waals surface area (Å²) >= 11 is 1.94. The largest absolute Gasteiger partial charge is 0.454 e. The van der Waals surface area contributed by atoms with Crippen LogP contribution in [0.3, 0.4) is 0 Å². The van der Waals surface area contributed by atoms with Crippen molar-refractivity contribution in [2.45, 2.75) is 70.6 Å². The molecule has 0 amide bonds. The maximum absolute atomic E-state index is 7.33. The van der Waals surface area contributed by atoms with Crippen LogP contribution in [-0.2, 0) is 11.8 Å². The molecule has 6 aliphatic carbocycles. The molecule has 57 heavy (non-hydrogen) atoms. The lowest BCUT2D eigenvalue weighted by molar-refractivity contribution is 0.284. The number of benzene rings is 4. The predicted molar refractivity (Wildman–Crippen MR) is 237 cm³/mol. The normalized spacial score (nSPS) is 21.1. The van der Waals surface area contributed by atoms with E-state index in [0.29, 0.717) is 0 Å². The van der Waals surface area contributed by atoms with Crippen LogP contribution in [0.4, 0.5) is 11.4 Å². The topological polar surface area (TPSA) is 21.7 Å². The average molecular weight is 758 g/mol. The lowest BCUT2D eigenvalue weighted by Crippen LogP contribution is -2.28. The van der Waals surface area contributed by atoms with Crippen molar-refractivity contribution in [1.29, 1.82) is 0 Å². The molecule has 278 valence electrons. The Balaban J connectivity index is 1.04. The number of aryl methyl sites for hydroxylation is 1. The molecule has 4 aromatic carbocycles. The molecule has 1 aromatic heterocycles. The zero-order valence-electron chi connectivity index (χ0n) is 32.5. The Kier molecular flexibility index (Phi) is 7.35. The molecule has 7 aliphatic rings. The third-order valence-electron chi connectivity index (χ3n) is 13.3. The van der Waals surface area contributed by atoms with E-state index in [1.54, 1.807) is 0 Å². The van der Waals surface area contributed by atoms with Crippen molar-refractivity contribution in [2.24, 2.45) is 0 Å². The van der Waals surface area contributed by atoms with Crippen LogP contribution in [0, 0.1) is 0 Å². The molecule has 1 atom stereocenters. The molecule has 4 heteroatoms. The number of thiophene rings is 1. The molecule has 3 nitrogen and oxygen atoms in total. The molecular weight excluding hydrogens is 715 g/mol. The second-order valence-corrected chi connectivity index (χ2v) is 17.4. The Morgan fingerprint density at radius 3 is 2.56 bits per heavy atom. The number of nitrogens with zero attached hydrogens (tertiary/aromatic N) is 1. The Labute approximate surface area is 338 Å². The van der Waals surface area contributed by atoms with E-state index in [0.717, 1.165) is 85.8 Å². The first-order valence-corrected chi connectivity index (χ1v) is 21.6. The van der Waals surface area contributed by atoms with Gasteiger partial charge in [0.15, 0.2) is 17.3 Å². The summed E-state index contributed by atoms with van der Waals surface area (Å²) < 4.78 is 15.7. The first kappa shape index (κ1) is 33.3. The molecule has 0 bridgehead atoms. The van der Waals surface area contributed by atoms with Crippen LogP contribution in [0.15, 0.2) is 150 Å². The highest BCUT2D eigenvalue weighted by Gasteiger charge is 2.55. The van der Waals surface area contributed by atoms with Crippen molar-refractivity contribution in [1.82, 2.24) is 0 Å². The highest BCUT2D eigenvalue weighted by atomic mass is 32.1. The van der Waals surface area contributed by atoms with Gasteiger partial charge in [0.1, 0.15) is 5.76 Å². The Hall–Kier alpha value is -5.84. The van der Waals surface area contributed by atoms with Gasteiger partial charge in [0.2, 0.25) is 0 Å². The average Bonchev–Trinajstić information content (AvgIpc) is 3.89. The molecule has 0 saturated heterocycles. The molecule has 1 aliphatic heterocycles. The summed E-state index contributed by atoms with van der Waals surface area (Å²) in [6.45, 7) is 4.31. The van der Waals surface area contributed by atoms with Crippen molar-refractivity contribution < 1.29 is 9.47 Å². The van der Waals surface area contributed by atoms with Gasteiger partial charge >= 0.3 is 0 Å². The highest BCUT2D eigenvalue weighted by Crippen LogP contribution is 2.66. The molecular formula is C53H43NO2S. The zero-order chi connectivity index (χ0) is 37.8. The second-order valence-electron chi connectivity index (χ2n) is 16.3. The maximum Gasteiger partial charge on any atom is 0.189 e. The fourth-order valence-electron chi connectivity index (χ4n) is 10.7. The summed E-state index contributed by atoms with van der Waals surface area (Å²) in [4.78, 5) is 3.92. The number of allylic oxidation sites excluding steroid dienone is 13. The van der Waals surface area contributed by atoms with Gasteiger partial charge in [-0.05, 0) is 156 Å². The van der Waals surface area contributed by atoms with Crippen LogP contribution in [0.1, 0.15) is 97.1 Å². The van der Waals surface area contributed by atoms with Gasteiger partial charge in [-0.3, -0.25) is 0 Å². The predicted octanol–water partition coefficient (Wildman–Crippen LogP) is 14.3. The molecule has 0 fully saturated rings. The zero-order valence-corrected chi connectivity index (χ0v) is 33.3.